The van der Waals surface area contributed by atoms with Crippen LogP contribution in [0.1, 0.15) is 11.1 Å². The number of nitrogens with zero attached hydrogens (tertiary/aromatic N) is 2. The number of nitrogens with one attached hydrogen (secondary N) is 1. The Labute approximate surface area is 186 Å². The van der Waals surface area contributed by atoms with E-state index in [0.717, 1.165) is 22.6 Å². The number of amides is 1. The maximum Gasteiger partial charge on any atom is 0.262 e. The van der Waals surface area contributed by atoms with Gasteiger partial charge in [0.1, 0.15) is 11.5 Å². The lowest BCUT2D eigenvalue weighted by Gasteiger charge is -2.10. The number of ether oxygens (including phenoxy) is 2. The van der Waals surface area contributed by atoms with Gasteiger partial charge in [0.15, 0.2) is 6.61 Å². The highest BCUT2D eigenvalue weighted by Gasteiger charge is 2.16. The maximum atomic E-state index is 12.4. The van der Waals surface area contributed by atoms with E-state index in [4.69, 9.17) is 14.0 Å². The zero-order valence-electron chi connectivity index (χ0n) is 18.1. The number of carbonyl (C=O) groups is 1. The molecule has 0 aliphatic rings. The number of anilines is 1. The van der Waals surface area contributed by atoms with E-state index in [2.05, 4.69) is 15.5 Å². The molecule has 4 rings (SSSR count). The van der Waals surface area contributed by atoms with Gasteiger partial charge in [-0.25, -0.2) is 0 Å². The van der Waals surface area contributed by atoms with E-state index < -0.39 is 0 Å². The molecule has 32 heavy (non-hydrogen) atoms. The Balaban J connectivity index is 1.46. The van der Waals surface area contributed by atoms with Crippen molar-refractivity contribution in [1.82, 2.24) is 10.1 Å². The van der Waals surface area contributed by atoms with Gasteiger partial charge in [0.2, 0.25) is 5.82 Å². The van der Waals surface area contributed by atoms with Crippen LogP contribution in [0.5, 0.6) is 11.5 Å². The van der Waals surface area contributed by atoms with E-state index in [9.17, 15) is 4.79 Å². The van der Waals surface area contributed by atoms with Crippen LogP contribution in [0.3, 0.4) is 0 Å². The number of carbonyl (C=O) groups excluding carboxylic acids is 1. The van der Waals surface area contributed by atoms with Crippen molar-refractivity contribution in [2.75, 3.05) is 19.0 Å². The van der Waals surface area contributed by atoms with E-state index in [1.165, 1.54) is 5.56 Å². The van der Waals surface area contributed by atoms with Gasteiger partial charge in [-0.3, -0.25) is 4.79 Å². The van der Waals surface area contributed by atoms with Crippen molar-refractivity contribution in [3.63, 3.8) is 0 Å². The number of aryl methyl sites for hydroxylation is 2. The van der Waals surface area contributed by atoms with Gasteiger partial charge >= 0.3 is 0 Å². The Bertz CT molecular complexity index is 1230. The van der Waals surface area contributed by atoms with Gasteiger partial charge in [-0.2, -0.15) is 4.98 Å². The number of aromatic nitrogens is 2. The standard InChI is InChI=1S/C25H23N3O4/c1-16-8-11-19(14-17(16)2)26-23(29)15-31-22-7-5-4-6-21(22)25-27-24(28-32-25)18-9-12-20(30-3)13-10-18/h4-14H,15H2,1-3H3,(H,26,29). The van der Waals surface area contributed by atoms with Crippen LogP contribution in [0.2, 0.25) is 0 Å². The largest absolute Gasteiger partial charge is 0.497 e. The quantitative estimate of drug-likeness (QED) is 0.443. The van der Waals surface area contributed by atoms with Crippen LogP contribution < -0.4 is 14.8 Å². The Morgan fingerprint density at radius 3 is 2.53 bits per heavy atom. The van der Waals surface area contributed by atoms with Gasteiger partial charge in [0.05, 0.1) is 12.7 Å². The van der Waals surface area contributed by atoms with Gasteiger partial charge in [-0.05, 0) is 73.5 Å². The molecule has 1 N–H and O–H groups in total. The molecule has 0 saturated carbocycles. The van der Waals surface area contributed by atoms with Crippen molar-refractivity contribution in [1.29, 1.82) is 0 Å². The van der Waals surface area contributed by atoms with Crippen molar-refractivity contribution < 1.29 is 18.8 Å². The number of para-hydroxylation sites is 1. The first kappa shape index (κ1) is 21.1. The SMILES string of the molecule is COc1ccc(-c2noc(-c3ccccc3OCC(=O)Nc3ccc(C)c(C)c3)n2)cc1. The van der Waals surface area contributed by atoms with Gasteiger partial charge in [0, 0.05) is 11.3 Å². The highest BCUT2D eigenvalue weighted by Crippen LogP contribution is 2.30. The molecule has 1 heterocycles. The molecule has 7 heteroatoms. The molecule has 4 aromatic rings. The molecule has 0 bridgehead atoms. The lowest BCUT2D eigenvalue weighted by molar-refractivity contribution is -0.118. The molecule has 0 atom stereocenters. The minimum Gasteiger partial charge on any atom is -0.497 e. The minimum absolute atomic E-state index is 0.149. The molecule has 0 saturated heterocycles. The van der Waals surface area contributed by atoms with Crippen LogP contribution in [0.25, 0.3) is 22.8 Å². The summed E-state index contributed by atoms with van der Waals surface area (Å²) in [6.07, 6.45) is 0. The Hall–Kier alpha value is -4.13. The summed E-state index contributed by atoms with van der Waals surface area (Å²) in [6.45, 7) is 3.88. The van der Waals surface area contributed by atoms with Crippen LogP contribution in [0.4, 0.5) is 5.69 Å². The van der Waals surface area contributed by atoms with Crippen molar-refractivity contribution in [2.45, 2.75) is 13.8 Å². The molecule has 0 unspecified atom stereocenters. The Kier molecular flexibility index (Phi) is 6.17. The normalized spacial score (nSPS) is 10.6. The number of benzene rings is 3. The molecule has 0 aliphatic carbocycles. The average Bonchev–Trinajstić information content (AvgIpc) is 3.30. The number of hydrogen-bond acceptors (Lipinski definition) is 6. The van der Waals surface area contributed by atoms with Crippen LogP contribution in [0, 0.1) is 13.8 Å². The van der Waals surface area contributed by atoms with Crippen LogP contribution in [-0.2, 0) is 4.79 Å². The second-order valence-electron chi connectivity index (χ2n) is 7.28. The molecular weight excluding hydrogens is 406 g/mol. The minimum atomic E-state index is -0.257. The molecule has 1 aromatic heterocycles. The second kappa shape index (κ2) is 9.34. The van der Waals surface area contributed by atoms with Crippen molar-refractivity contribution in [2.24, 2.45) is 0 Å². The lowest BCUT2D eigenvalue weighted by Crippen LogP contribution is -2.20. The van der Waals surface area contributed by atoms with E-state index in [0.29, 0.717) is 23.0 Å². The predicted molar refractivity (Wildman–Crippen MR) is 122 cm³/mol. The number of rotatable bonds is 7. The molecular formula is C25H23N3O4. The summed E-state index contributed by atoms with van der Waals surface area (Å²) < 4.78 is 16.4. The van der Waals surface area contributed by atoms with Crippen LogP contribution in [-0.4, -0.2) is 29.8 Å². The van der Waals surface area contributed by atoms with E-state index in [1.54, 1.807) is 13.2 Å². The molecule has 0 aliphatic heterocycles. The van der Waals surface area contributed by atoms with Crippen molar-refractivity contribution in [3.8, 4) is 34.3 Å². The summed E-state index contributed by atoms with van der Waals surface area (Å²) in [5.41, 5.74) is 4.42. The smallest absolute Gasteiger partial charge is 0.262 e. The van der Waals surface area contributed by atoms with E-state index >= 15 is 0 Å². The topological polar surface area (TPSA) is 86.5 Å². The van der Waals surface area contributed by atoms with E-state index in [-0.39, 0.29) is 12.5 Å². The third kappa shape index (κ3) is 4.78. The lowest BCUT2D eigenvalue weighted by atomic mass is 10.1. The zero-order valence-corrected chi connectivity index (χ0v) is 18.1. The summed E-state index contributed by atoms with van der Waals surface area (Å²) in [5, 5.41) is 6.91. The summed E-state index contributed by atoms with van der Waals surface area (Å²) in [7, 11) is 1.61. The highest BCUT2D eigenvalue weighted by atomic mass is 16.5. The molecule has 0 spiro atoms. The molecule has 1 amide bonds. The first-order valence-electron chi connectivity index (χ1n) is 10.1. The summed E-state index contributed by atoms with van der Waals surface area (Å²) in [5.74, 6) is 1.72. The summed E-state index contributed by atoms with van der Waals surface area (Å²) >= 11 is 0. The fourth-order valence-corrected chi connectivity index (χ4v) is 3.12. The highest BCUT2D eigenvalue weighted by molar-refractivity contribution is 5.92. The van der Waals surface area contributed by atoms with Crippen molar-refractivity contribution in [3.05, 3.63) is 77.9 Å². The van der Waals surface area contributed by atoms with E-state index in [1.807, 2.05) is 74.5 Å². The number of hydrogen-bond donors (Lipinski definition) is 1. The number of methoxy groups -OCH3 is 1. The fourth-order valence-electron chi connectivity index (χ4n) is 3.12. The second-order valence-corrected chi connectivity index (χ2v) is 7.28. The molecule has 7 nitrogen and oxygen atoms in total. The maximum absolute atomic E-state index is 12.4. The summed E-state index contributed by atoms with van der Waals surface area (Å²) in [4.78, 5) is 16.9. The average molecular weight is 429 g/mol. The van der Waals surface area contributed by atoms with Gasteiger partial charge < -0.3 is 19.3 Å². The van der Waals surface area contributed by atoms with Gasteiger partial charge in [0.25, 0.3) is 11.8 Å². The zero-order chi connectivity index (χ0) is 22.5. The molecule has 3 aromatic carbocycles. The molecule has 0 fully saturated rings. The third-order valence-electron chi connectivity index (χ3n) is 5.04. The molecule has 162 valence electrons. The third-order valence-corrected chi connectivity index (χ3v) is 5.04. The fraction of sp³-hybridized carbons (Fsp3) is 0.160. The van der Waals surface area contributed by atoms with Gasteiger partial charge in [-0.1, -0.05) is 23.4 Å². The molecule has 0 radical (unpaired) electrons. The predicted octanol–water partition coefficient (Wildman–Crippen LogP) is 5.05. The van der Waals surface area contributed by atoms with Crippen LogP contribution in [0.15, 0.2) is 71.3 Å². The summed E-state index contributed by atoms with van der Waals surface area (Å²) in [6, 6.07) is 20.4. The first-order valence-corrected chi connectivity index (χ1v) is 10.1. The van der Waals surface area contributed by atoms with Crippen molar-refractivity contribution >= 4 is 11.6 Å². The van der Waals surface area contributed by atoms with Gasteiger partial charge in [-0.15, -0.1) is 0 Å². The monoisotopic (exact) mass is 429 g/mol. The first-order chi connectivity index (χ1) is 15.5. The Morgan fingerprint density at radius 1 is 1.00 bits per heavy atom. The van der Waals surface area contributed by atoms with Crippen LogP contribution >= 0.6 is 0 Å². The Morgan fingerprint density at radius 2 is 1.78 bits per heavy atom.